The number of thioether (sulfide) groups is 1. The average molecular weight is 521 g/mol. The minimum atomic E-state index is -0.137. The highest BCUT2D eigenvalue weighted by Gasteiger charge is 2.21. The molecular weight excluding hydrogens is 504 g/mol. The second kappa shape index (κ2) is 11.2. The molecule has 0 aliphatic rings. The van der Waals surface area contributed by atoms with Crippen molar-refractivity contribution >= 4 is 40.5 Å². The molecule has 0 bridgehead atoms. The molecule has 3 N–H and O–H groups in total. The predicted octanol–water partition coefficient (Wildman–Crippen LogP) is 4.91. The van der Waals surface area contributed by atoms with Gasteiger partial charge in [0.05, 0.1) is 17.9 Å². The maximum atomic E-state index is 9.96. The topological polar surface area (TPSA) is 142 Å². The van der Waals surface area contributed by atoms with E-state index in [0.717, 1.165) is 16.3 Å². The molecule has 4 rings (SSSR count). The third-order valence-corrected chi connectivity index (χ3v) is 6.98. The van der Waals surface area contributed by atoms with E-state index in [-0.39, 0.29) is 30.2 Å². The van der Waals surface area contributed by atoms with Gasteiger partial charge in [0.15, 0.2) is 0 Å². The number of nitrogen functional groups attached to an aromatic ring is 1. The van der Waals surface area contributed by atoms with Gasteiger partial charge in [-0.1, -0.05) is 35.5 Å². The lowest BCUT2D eigenvalue weighted by atomic mass is 9.98. The van der Waals surface area contributed by atoms with Gasteiger partial charge in [-0.3, -0.25) is 0 Å². The Hall–Kier alpha value is -3.67. The molecule has 11 heteroatoms. The summed E-state index contributed by atoms with van der Waals surface area (Å²) in [5, 5.41) is 32.4. The van der Waals surface area contributed by atoms with Crippen LogP contribution in [0, 0.1) is 22.7 Å². The van der Waals surface area contributed by atoms with Crippen molar-refractivity contribution in [1.82, 2.24) is 15.0 Å². The highest BCUT2D eigenvalue weighted by Crippen LogP contribution is 2.37. The Labute approximate surface area is 214 Å². The number of anilines is 1. The van der Waals surface area contributed by atoms with Crippen LogP contribution in [0.1, 0.15) is 16.8 Å². The first-order chi connectivity index (χ1) is 17.0. The van der Waals surface area contributed by atoms with E-state index in [1.165, 1.54) is 29.3 Å². The molecule has 0 radical (unpaired) electrons. The third kappa shape index (κ3) is 5.53. The van der Waals surface area contributed by atoms with E-state index in [4.69, 9.17) is 27.2 Å². The Morgan fingerprint density at radius 1 is 1.06 bits per heavy atom. The van der Waals surface area contributed by atoms with Gasteiger partial charge in [0.2, 0.25) is 5.88 Å². The number of aliphatic hydroxyl groups is 1. The van der Waals surface area contributed by atoms with Crippen LogP contribution in [0.4, 0.5) is 5.82 Å². The summed E-state index contributed by atoms with van der Waals surface area (Å²) in [5.41, 5.74) is 9.13. The van der Waals surface area contributed by atoms with Gasteiger partial charge in [-0.2, -0.15) is 10.5 Å². The van der Waals surface area contributed by atoms with Crippen LogP contribution in [-0.2, 0) is 5.75 Å². The number of thiazole rings is 1. The van der Waals surface area contributed by atoms with Crippen molar-refractivity contribution in [2.24, 2.45) is 0 Å². The molecule has 1 aromatic carbocycles. The molecule has 0 aliphatic carbocycles. The number of ether oxygens (including phenoxy) is 1. The van der Waals surface area contributed by atoms with Crippen molar-refractivity contribution in [2.45, 2.75) is 10.8 Å². The molecule has 0 unspecified atom stereocenters. The summed E-state index contributed by atoms with van der Waals surface area (Å²) in [7, 11) is 0. The van der Waals surface area contributed by atoms with Gasteiger partial charge in [-0.05, 0) is 18.2 Å². The maximum absolute atomic E-state index is 9.96. The summed E-state index contributed by atoms with van der Waals surface area (Å²) >= 11 is 8.80. The van der Waals surface area contributed by atoms with E-state index in [2.05, 4.69) is 27.1 Å². The molecule has 35 heavy (non-hydrogen) atoms. The number of hydrogen-bond donors (Lipinski definition) is 2. The number of hydrogen-bond acceptors (Lipinski definition) is 10. The van der Waals surface area contributed by atoms with Crippen molar-refractivity contribution in [2.75, 3.05) is 18.9 Å². The summed E-state index contributed by atoms with van der Waals surface area (Å²) in [6.45, 7) is -0.0270. The largest absolute Gasteiger partial charge is 0.475 e. The molecular formula is C24H17ClN6O2S2. The van der Waals surface area contributed by atoms with E-state index >= 15 is 0 Å². The Balaban J connectivity index is 1.63. The Bertz CT molecular complexity index is 1430. The van der Waals surface area contributed by atoms with Crippen LogP contribution in [-0.4, -0.2) is 33.3 Å². The van der Waals surface area contributed by atoms with Crippen LogP contribution in [0.5, 0.6) is 5.88 Å². The van der Waals surface area contributed by atoms with Crippen LogP contribution >= 0.6 is 34.7 Å². The predicted molar refractivity (Wildman–Crippen MR) is 136 cm³/mol. The first kappa shape index (κ1) is 24.5. The fourth-order valence-electron chi connectivity index (χ4n) is 3.20. The van der Waals surface area contributed by atoms with Gasteiger partial charge in [0.25, 0.3) is 0 Å². The van der Waals surface area contributed by atoms with E-state index in [9.17, 15) is 10.5 Å². The molecule has 4 aromatic rings. The summed E-state index contributed by atoms with van der Waals surface area (Å²) < 4.78 is 5.29. The van der Waals surface area contributed by atoms with Gasteiger partial charge < -0.3 is 15.6 Å². The number of halogens is 1. The zero-order valence-corrected chi connectivity index (χ0v) is 20.5. The lowest BCUT2D eigenvalue weighted by molar-refractivity contribution is 0.196. The van der Waals surface area contributed by atoms with Crippen molar-refractivity contribution in [1.29, 1.82) is 10.5 Å². The summed E-state index contributed by atoms with van der Waals surface area (Å²) in [6.07, 6.45) is 1.50. The number of aliphatic hydroxyl groups excluding tert-OH is 1. The fourth-order valence-corrected chi connectivity index (χ4v) is 5.14. The molecule has 8 nitrogen and oxygen atoms in total. The molecule has 0 saturated carbocycles. The Morgan fingerprint density at radius 2 is 1.80 bits per heavy atom. The molecule has 0 aliphatic heterocycles. The van der Waals surface area contributed by atoms with Crippen molar-refractivity contribution in [3.05, 3.63) is 69.8 Å². The first-order valence-electron chi connectivity index (χ1n) is 10.2. The molecule has 3 aromatic heterocycles. The number of nitrogens with zero attached hydrogens (tertiary/aromatic N) is 5. The second-order valence-electron chi connectivity index (χ2n) is 7.05. The number of pyridine rings is 2. The van der Waals surface area contributed by atoms with Crippen LogP contribution in [0.15, 0.2) is 53.0 Å². The second-order valence-corrected chi connectivity index (χ2v) is 9.31. The lowest BCUT2D eigenvalue weighted by Gasteiger charge is -2.13. The zero-order valence-electron chi connectivity index (χ0n) is 18.1. The fraction of sp³-hybridized carbons (Fsp3) is 0.125. The standard InChI is InChI=1S/C24H17ClN6O2S2/c25-16-4-1-14(2-5-16)23-30-17(12-34-23)13-35-24-19(10-27)21(18(9-26)22(28)31-24)15-3-6-20(29-11-15)33-8-7-32/h1-6,11-12,32H,7-8,13H2,(H2,28,31). The summed E-state index contributed by atoms with van der Waals surface area (Å²) in [4.78, 5) is 13.2. The molecule has 0 amide bonds. The minimum absolute atomic E-state index is 0.0322. The van der Waals surface area contributed by atoms with Gasteiger partial charge in [0, 0.05) is 45.1 Å². The first-order valence-corrected chi connectivity index (χ1v) is 12.4. The Kier molecular flexibility index (Phi) is 7.80. The molecule has 0 saturated heterocycles. The highest BCUT2D eigenvalue weighted by atomic mass is 35.5. The van der Waals surface area contributed by atoms with Crippen molar-refractivity contribution in [3.8, 4) is 39.7 Å². The summed E-state index contributed by atoms with van der Waals surface area (Å²) in [6, 6.07) is 15.0. The van der Waals surface area contributed by atoms with Crippen molar-refractivity contribution in [3.63, 3.8) is 0 Å². The lowest BCUT2D eigenvalue weighted by Crippen LogP contribution is -2.05. The third-order valence-electron chi connectivity index (χ3n) is 4.78. The molecule has 0 fully saturated rings. The quantitative estimate of drug-likeness (QED) is 0.310. The molecule has 174 valence electrons. The van der Waals surface area contributed by atoms with E-state index in [0.29, 0.717) is 32.8 Å². The van der Waals surface area contributed by atoms with Gasteiger partial charge in [0.1, 0.15) is 40.2 Å². The van der Waals surface area contributed by atoms with Crippen LogP contribution in [0.25, 0.3) is 21.7 Å². The smallest absolute Gasteiger partial charge is 0.213 e. The Morgan fingerprint density at radius 3 is 2.46 bits per heavy atom. The SMILES string of the molecule is N#Cc1c(N)nc(SCc2csc(-c3ccc(Cl)cc3)n2)c(C#N)c1-c1ccc(OCCO)nc1. The monoisotopic (exact) mass is 520 g/mol. The number of rotatable bonds is 8. The van der Waals surface area contributed by atoms with Crippen LogP contribution in [0.2, 0.25) is 5.02 Å². The average Bonchev–Trinajstić information content (AvgIpc) is 3.35. The van der Waals surface area contributed by atoms with Crippen LogP contribution in [0.3, 0.4) is 0 Å². The summed E-state index contributed by atoms with van der Waals surface area (Å²) in [5.74, 6) is 0.809. The minimum Gasteiger partial charge on any atom is -0.475 e. The number of nitriles is 2. The normalized spacial score (nSPS) is 10.5. The maximum Gasteiger partial charge on any atom is 0.213 e. The number of benzene rings is 1. The van der Waals surface area contributed by atoms with E-state index in [1.54, 1.807) is 12.1 Å². The van der Waals surface area contributed by atoms with E-state index in [1.807, 2.05) is 29.6 Å². The highest BCUT2D eigenvalue weighted by molar-refractivity contribution is 7.98. The number of aromatic nitrogens is 3. The molecule has 3 heterocycles. The van der Waals surface area contributed by atoms with Crippen LogP contribution < -0.4 is 10.5 Å². The molecule has 0 atom stereocenters. The van der Waals surface area contributed by atoms with Gasteiger partial charge in [-0.15, -0.1) is 11.3 Å². The van der Waals surface area contributed by atoms with E-state index < -0.39 is 0 Å². The molecule has 0 spiro atoms. The zero-order chi connectivity index (χ0) is 24.8. The number of nitrogens with two attached hydrogens (primary N) is 1. The van der Waals surface area contributed by atoms with Gasteiger partial charge in [-0.25, -0.2) is 15.0 Å². The van der Waals surface area contributed by atoms with Crippen molar-refractivity contribution < 1.29 is 9.84 Å². The van der Waals surface area contributed by atoms with Gasteiger partial charge >= 0.3 is 0 Å².